The summed E-state index contributed by atoms with van der Waals surface area (Å²) >= 11 is 0. The van der Waals surface area contributed by atoms with Gasteiger partial charge in [0.25, 0.3) is 0 Å². The Bertz CT molecular complexity index is 680. The molecule has 0 aromatic heterocycles. The fraction of sp³-hybridized carbons (Fsp3) is 0.333. The number of hydrogen-bond acceptors (Lipinski definition) is 0. The first-order chi connectivity index (χ1) is 12.6. The zero-order valence-electron chi connectivity index (χ0n) is 18.0. The van der Waals surface area contributed by atoms with Crippen LogP contribution in [-0.4, -0.2) is 24.2 Å². The zero-order valence-corrected chi connectivity index (χ0v) is 21.0. The SMILES string of the molecule is C[Si](C)(C)/C=C/C[Si](C/C=C/[Si](C)(C)C)(c1ccccc1)c1ccccc1. The minimum absolute atomic E-state index is 1.18. The Morgan fingerprint density at radius 3 is 1.19 bits per heavy atom. The molecule has 2 rings (SSSR count). The minimum Gasteiger partial charge on any atom is -0.0992 e. The van der Waals surface area contributed by atoms with Gasteiger partial charge in [-0.15, -0.1) is 0 Å². The van der Waals surface area contributed by atoms with Gasteiger partial charge in [-0.2, -0.15) is 0 Å². The molecule has 27 heavy (non-hydrogen) atoms. The Hall–Kier alpha value is -1.43. The molecule has 0 aliphatic carbocycles. The van der Waals surface area contributed by atoms with Gasteiger partial charge >= 0.3 is 0 Å². The smallest absolute Gasteiger partial charge is 0.0992 e. The number of rotatable bonds is 8. The van der Waals surface area contributed by atoms with Crippen molar-refractivity contribution in [2.24, 2.45) is 0 Å². The summed E-state index contributed by atoms with van der Waals surface area (Å²) in [5.41, 5.74) is 5.06. The molecule has 0 spiro atoms. The van der Waals surface area contributed by atoms with Crippen LogP contribution >= 0.6 is 0 Å². The third-order valence-corrected chi connectivity index (χ3v) is 12.0. The Labute approximate surface area is 170 Å². The highest BCUT2D eigenvalue weighted by Gasteiger charge is 2.35. The molecule has 0 fully saturated rings. The summed E-state index contributed by atoms with van der Waals surface area (Å²) < 4.78 is 0. The monoisotopic (exact) mass is 408 g/mol. The first-order valence-electron chi connectivity index (χ1n) is 10.1. The van der Waals surface area contributed by atoms with Gasteiger partial charge in [-0.1, -0.05) is 134 Å². The highest BCUT2D eigenvalue weighted by atomic mass is 28.3. The molecule has 0 saturated carbocycles. The number of benzene rings is 2. The second-order valence-electron chi connectivity index (χ2n) is 9.76. The molecule has 0 N–H and O–H groups in total. The van der Waals surface area contributed by atoms with Crippen molar-refractivity contribution in [2.45, 2.75) is 51.4 Å². The molecule has 2 aromatic rings. The molecule has 0 heterocycles. The number of allylic oxidation sites excluding steroid dienone is 2. The molecule has 0 unspecified atom stereocenters. The van der Waals surface area contributed by atoms with Crippen LogP contribution in [0.5, 0.6) is 0 Å². The second kappa shape index (κ2) is 9.18. The van der Waals surface area contributed by atoms with E-state index in [9.17, 15) is 0 Å². The van der Waals surface area contributed by atoms with Crippen molar-refractivity contribution in [1.29, 1.82) is 0 Å². The van der Waals surface area contributed by atoms with Crippen LogP contribution in [0.3, 0.4) is 0 Å². The quantitative estimate of drug-likeness (QED) is 0.462. The van der Waals surface area contributed by atoms with E-state index < -0.39 is 24.2 Å². The lowest BCUT2D eigenvalue weighted by atomic mass is 10.4. The lowest BCUT2D eigenvalue weighted by Gasteiger charge is -2.32. The molecule has 2 aromatic carbocycles. The lowest BCUT2D eigenvalue weighted by molar-refractivity contribution is 1.46. The Morgan fingerprint density at radius 2 is 0.889 bits per heavy atom. The van der Waals surface area contributed by atoms with Gasteiger partial charge in [0.1, 0.15) is 8.07 Å². The van der Waals surface area contributed by atoms with E-state index in [1.165, 1.54) is 12.1 Å². The summed E-state index contributed by atoms with van der Waals surface area (Å²) in [6.07, 6.45) is 5.03. The highest BCUT2D eigenvalue weighted by molar-refractivity contribution is 7.03. The molecule has 3 heteroatoms. The molecule has 0 amide bonds. The summed E-state index contributed by atoms with van der Waals surface area (Å²) in [7, 11) is -4.26. The lowest BCUT2D eigenvalue weighted by Crippen LogP contribution is -2.57. The van der Waals surface area contributed by atoms with Crippen molar-refractivity contribution in [3.8, 4) is 0 Å². The highest BCUT2D eigenvalue weighted by Crippen LogP contribution is 2.20. The maximum atomic E-state index is 2.53. The van der Waals surface area contributed by atoms with Gasteiger partial charge in [-0.25, -0.2) is 0 Å². The van der Waals surface area contributed by atoms with Gasteiger partial charge in [-0.3, -0.25) is 0 Å². The maximum absolute atomic E-state index is 2.53. The van der Waals surface area contributed by atoms with E-state index in [0.717, 1.165) is 0 Å². The summed E-state index contributed by atoms with van der Waals surface area (Å²) in [5, 5.41) is 3.10. The van der Waals surface area contributed by atoms with Crippen LogP contribution in [0.25, 0.3) is 0 Å². The summed E-state index contributed by atoms with van der Waals surface area (Å²) in [4.78, 5) is 0. The van der Waals surface area contributed by atoms with Crippen molar-refractivity contribution in [3.63, 3.8) is 0 Å². The summed E-state index contributed by atoms with van der Waals surface area (Å²) in [5.74, 6) is 0. The molecule has 0 aliphatic rings. The molecule has 0 bridgehead atoms. The van der Waals surface area contributed by atoms with E-state index in [0.29, 0.717) is 0 Å². The number of hydrogen-bond donors (Lipinski definition) is 0. The fourth-order valence-corrected chi connectivity index (χ4v) is 9.73. The van der Waals surface area contributed by atoms with Gasteiger partial charge in [0, 0.05) is 0 Å². The zero-order chi connectivity index (χ0) is 20.0. The van der Waals surface area contributed by atoms with Crippen LogP contribution in [0, 0.1) is 0 Å². The van der Waals surface area contributed by atoms with E-state index >= 15 is 0 Å². The predicted octanol–water partition coefficient (Wildman–Crippen LogP) is 6.12. The van der Waals surface area contributed by atoms with Gasteiger partial charge < -0.3 is 0 Å². The van der Waals surface area contributed by atoms with Crippen LogP contribution in [-0.2, 0) is 0 Å². The summed E-state index contributed by atoms with van der Waals surface area (Å²) in [6, 6.07) is 25.0. The topological polar surface area (TPSA) is 0 Å². The van der Waals surface area contributed by atoms with Crippen LogP contribution in [0.1, 0.15) is 0 Å². The summed E-state index contributed by atoms with van der Waals surface area (Å²) in [6.45, 7) is 14.5. The molecule has 0 saturated heterocycles. The van der Waals surface area contributed by atoms with E-state index in [2.05, 4.69) is 123 Å². The molecular formula is C24H36Si3. The first-order valence-corrected chi connectivity index (χ1v) is 19.7. The van der Waals surface area contributed by atoms with Crippen LogP contribution in [0.15, 0.2) is 84.2 Å². The average Bonchev–Trinajstić information content (AvgIpc) is 2.60. The third-order valence-electron chi connectivity index (χ3n) is 4.82. The maximum Gasteiger partial charge on any atom is 0.125 e. The molecule has 0 radical (unpaired) electrons. The van der Waals surface area contributed by atoms with Gasteiger partial charge in [0.2, 0.25) is 0 Å². The molecule has 144 valence electrons. The Balaban J connectivity index is 2.54. The van der Waals surface area contributed by atoms with Crippen LogP contribution < -0.4 is 10.4 Å². The van der Waals surface area contributed by atoms with Crippen molar-refractivity contribution in [2.75, 3.05) is 0 Å². The van der Waals surface area contributed by atoms with Crippen LogP contribution in [0.4, 0.5) is 0 Å². The standard InChI is InChI=1S/C24H36Si3/c1-25(2,3)19-13-21-27(22-14-20-26(4,5)6,23-15-9-7-10-16-23)24-17-11-8-12-18-24/h7-20H,21-22H2,1-6H3/b19-13+,20-14+. The normalized spacial score (nSPS) is 13.6. The average molecular weight is 409 g/mol. The van der Waals surface area contributed by atoms with Crippen LogP contribution in [0.2, 0.25) is 51.4 Å². The van der Waals surface area contributed by atoms with Gasteiger partial charge in [0.05, 0.1) is 16.1 Å². The predicted molar refractivity (Wildman–Crippen MR) is 132 cm³/mol. The largest absolute Gasteiger partial charge is 0.125 e. The Morgan fingerprint density at radius 1 is 0.556 bits per heavy atom. The van der Waals surface area contributed by atoms with E-state index in [1.54, 1.807) is 10.4 Å². The molecular weight excluding hydrogens is 373 g/mol. The van der Waals surface area contributed by atoms with E-state index in [1.807, 2.05) is 0 Å². The molecule has 0 aliphatic heterocycles. The van der Waals surface area contributed by atoms with Crippen molar-refractivity contribution in [3.05, 3.63) is 84.2 Å². The van der Waals surface area contributed by atoms with Gasteiger partial charge in [-0.05, 0) is 12.1 Å². The Kier molecular flexibility index (Phi) is 7.43. The molecule has 0 nitrogen and oxygen atoms in total. The minimum atomic E-state index is -1.88. The fourth-order valence-electron chi connectivity index (χ4n) is 3.46. The van der Waals surface area contributed by atoms with Crippen molar-refractivity contribution < 1.29 is 0 Å². The van der Waals surface area contributed by atoms with E-state index in [4.69, 9.17) is 0 Å². The van der Waals surface area contributed by atoms with E-state index in [-0.39, 0.29) is 0 Å². The van der Waals surface area contributed by atoms with Crippen molar-refractivity contribution in [1.82, 2.24) is 0 Å². The molecule has 0 atom stereocenters. The second-order valence-corrected chi connectivity index (χ2v) is 24.0. The van der Waals surface area contributed by atoms with Gasteiger partial charge in [0.15, 0.2) is 0 Å². The van der Waals surface area contributed by atoms with Crippen molar-refractivity contribution >= 4 is 34.6 Å². The first kappa shape index (κ1) is 21.9. The third kappa shape index (κ3) is 6.91.